The summed E-state index contributed by atoms with van der Waals surface area (Å²) >= 11 is 0. The molecular weight excluding hydrogens is 612 g/mol. The molecule has 3 aliphatic rings. The third-order valence-electron chi connectivity index (χ3n) is 9.22. The molecule has 2 bridgehead atoms. The third-order valence-corrected chi connectivity index (χ3v) is 9.22. The van der Waals surface area contributed by atoms with E-state index in [2.05, 4.69) is 21.0 Å². The van der Waals surface area contributed by atoms with Crippen LogP contribution in [-0.4, -0.2) is 48.8 Å². The van der Waals surface area contributed by atoms with Gasteiger partial charge in [0.2, 0.25) is 0 Å². The maximum Gasteiger partial charge on any atom is 0.416 e. The predicted octanol–water partition coefficient (Wildman–Crippen LogP) is 6.65. The molecule has 0 amide bonds. The topological polar surface area (TPSA) is 61.4 Å². The summed E-state index contributed by atoms with van der Waals surface area (Å²) in [6.07, 6.45) is -10.1. The number of amidine groups is 1. The van der Waals surface area contributed by atoms with Gasteiger partial charge in [-0.2, -0.15) is 26.3 Å². The maximum absolute atomic E-state index is 13.9. The monoisotopic (exact) mass is 647 g/mol. The second kappa shape index (κ2) is 12.5. The number of hydrazine groups is 2. The van der Waals surface area contributed by atoms with Crippen LogP contribution in [0.4, 0.5) is 26.3 Å². The standard InChI is InChI=1S/C33H35F6N5O2/c1-43-41-30(40-42-43)26-18-31(23-11-7-4-8-12-23)29(14-13-27(26)44(31)19-21-9-5-3-6-10-21)46-28(20-45-2)22-15-24(32(34,35)36)17-25(16-22)33(37,38)39/h3-12,15-17,26-29,42H,13-14,18-20H2,1-2H3,(H,40,41)/t26-,27+,28+,29-,31-/m1/s1. The minimum Gasteiger partial charge on any atom is -0.382 e. The molecule has 3 aromatic rings. The highest BCUT2D eigenvalue weighted by Crippen LogP contribution is 2.56. The van der Waals surface area contributed by atoms with Crippen LogP contribution in [0.15, 0.2) is 84.0 Å². The Kier molecular flexibility index (Phi) is 8.79. The van der Waals surface area contributed by atoms with Crippen molar-refractivity contribution in [2.24, 2.45) is 11.0 Å². The van der Waals surface area contributed by atoms with Crippen LogP contribution in [0.3, 0.4) is 0 Å². The fourth-order valence-electron chi connectivity index (χ4n) is 7.28. The van der Waals surface area contributed by atoms with Crippen LogP contribution >= 0.6 is 0 Å². The Hall–Kier alpha value is -3.65. The largest absolute Gasteiger partial charge is 0.416 e. The van der Waals surface area contributed by atoms with E-state index < -0.39 is 41.2 Å². The number of hydrogen-bond acceptors (Lipinski definition) is 7. The zero-order valence-corrected chi connectivity index (χ0v) is 25.3. The number of piperidine rings is 1. The van der Waals surface area contributed by atoms with Gasteiger partial charge < -0.3 is 9.47 Å². The molecule has 0 aromatic heterocycles. The number of methoxy groups -OCH3 is 1. The normalized spacial score (nSPS) is 26.0. The van der Waals surface area contributed by atoms with E-state index in [1.807, 2.05) is 60.7 Å². The summed E-state index contributed by atoms with van der Waals surface area (Å²) in [7, 11) is 3.15. The van der Waals surface area contributed by atoms with Gasteiger partial charge in [-0.1, -0.05) is 60.7 Å². The number of benzene rings is 3. The van der Waals surface area contributed by atoms with Crippen molar-refractivity contribution in [1.29, 1.82) is 0 Å². The smallest absolute Gasteiger partial charge is 0.382 e. The molecule has 0 spiro atoms. The molecule has 3 aromatic carbocycles. The van der Waals surface area contributed by atoms with Crippen LogP contribution in [0.5, 0.6) is 0 Å². The molecule has 3 heterocycles. The van der Waals surface area contributed by atoms with Crippen LogP contribution in [-0.2, 0) is 33.9 Å². The second-order valence-corrected chi connectivity index (χ2v) is 12.0. The Morgan fingerprint density at radius 2 is 1.54 bits per heavy atom. The number of hydrogen-bond donors (Lipinski definition) is 2. The zero-order chi connectivity index (χ0) is 32.7. The van der Waals surface area contributed by atoms with E-state index in [9.17, 15) is 26.3 Å². The highest BCUT2D eigenvalue weighted by Gasteiger charge is 2.61. The number of rotatable bonds is 9. The van der Waals surface area contributed by atoms with Crippen LogP contribution in [0.25, 0.3) is 0 Å². The molecule has 2 N–H and O–H groups in total. The number of halogens is 6. The quantitative estimate of drug-likeness (QED) is 0.254. The van der Waals surface area contributed by atoms with Crippen molar-refractivity contribution in [3.05, 3.63) is 107 Å². The van der Waals surface area contributed by atoms with E-state index >= 15 is 0 Å². The van der Waals surface area contributed by atoms with Crippen LogP contribution in [0.2, 0.25) is 0 Å². The van der Waals surface area contributed by atoms with Crippen LogP contribution in [0, 0.1) is 5.92 Å². The summed E-state index contributed by atoms with van der Waals surface area (Å²) in [6, 6.07) is 21.3. The van der Waals surface area contributed by atoms with Gasteiger partial charge >= 0.3 is 12.4 Å². The third kappa shape index (κ3) is 6.20. The Labute approximate surface area is 263 Å². The molecule has 246 valence electrons. The molecule has 5 atom stereocenters. The van der Waals surface area contributed by atoms with E-state index in [4.69, 9.17) is 9.47 Å². The Bertz CT molecular complexity index is 1500. The van der Waals surface area contributed by atoms with Gasteiger partial charge in [0.1, 0.15) is 11.9 Å². The van der Waals surface area contributed by atoms with Crippen molar-refractivity contribution in [3.63, 3.8) is 0 Å². The number of nitrogens with zero attached hydrogens (tertiary/aromatic N) is 3. The first kappa shape index (κ1) is 32.3. The van der Waals surface area contributed by atoms with Gasteiger partial charge in [0.25, 0.3) is 0 Å². The van der Waals surface area contributed by atoms with Crippen molar-refractivity contribution < 1.29 is 35.8 Å². The molecule has 3 aliphatic heterocycles. The van der Waals surface area contributed by atoms with Crippen molar-refractivity contribution >= 4 is 5.84 Å². The Morgan fingerprint density at radius 3 is 2.11 bits per heavy atom. The molecular formula is C33H35F6N5O2. The van der Waals surface area contributed by atoms with Crippen molar-refractivity contribution in [1.82, 2.24) is 21.0 Å². The summed E-state index contributed by atoms with van der Waals surface area (Å²) in [6.45, 7) is 0.304. The average Bonchev–Trinajstić information content (AvgIpc) is 3.55. The number of nitrogens with one attached hydrogen (secondary N) is 2. The van der Waals surface area contributed by atoms with Gasteiger partial charge in [-0.15, -0.1) is 10.2 Å². The minimum atomic E-state index is -4.99. The molecule has 13 heteroatoms. The van der Waals surface area contributed by atoms with E-state index in [0.717, 1.165) is 29.1 Å². The number of alkyl halides is 6. The van der Waals surface area contributed by atoms with Gasteiger partial charge in [-0.3, -0.25) is 10.3 Å². The summed E-state index contributed by atoms with van der Waals surface area (Å²) in [5.41, 5.74) is 4.38. The molecule has 0 unspecified atom stereocenters. The first-order valence-corrected chi connectivity index (χ1v) is 15.0. The van der Waals surface area contributed by atoms with Crippen molar-refractivity contribution in [2.45, 2.75) is 61.9 Å². The predicted molar refractivity (Wildman–Crippen MR) is 159 cm³/mol. The highest BCUT2D eigenvalue weighted by atomic mass is 19.4. The average molecular weight is 648 g/mol. The molecule has 2 fully saturated rings. The molecule has 7 nitrogen and oxygen atoms in total. The summed E-state index contributed by atoms with van der Waals surface area (Å²) in [5.74, 6) is 0.686. The Morgan fingerprint density at radius 1 is 0.913 bits per heavy atom. The summed E-state index contributed by atoms with van der Waals surface area (Å²) in [4.78, 5) is 2.39. The molecule has 0 saturated carbocycles. The molecule has 0 radical (unpaired) electrons. The fourth-order valence-corrected chi connectivity index (χ4v) is 7.28. The van der Waals surface area contributed by atoms with Gasteiger partial charge in [0.05, 0.1) is 29.4 Å². The van der Waals surface area contributed by atoms with Crippen LogP contribution < -0.4 is 11.0 Å². The lowest BCUT2D eigenvalue weighted by atomic mass is 9.78. The number of ether oxygens (including phenoxy) is 2. The molecule has 46 heavy (non-hydrogen) atoms. The fraction of sp³-hybridized carbons (Fsp3) is 0.424. The zero-order valence-electron chi connectivity index (χ0n) is 25.3. The maximum atomic E-state index is 13.9. The minimum absolute atomic E-state index is 0.0195. The lowest BCUT2D eigenvalue weighted by molar-refractivity contribution is -0.148. The van der Waals surface area contributed by atoms with Gasteiger partial charge in [0, 0.05) is 32.7 Å². The summed E-state index contributed by atoms with van der Waals surface area (Å²) < 4.78 is 95.2. The molecule has 0 aliphatic carbocycles. The first-order valence-electron chi connectivity index (χ1n) is 15.0. The van der Waals surface area contributed by atoms with E-state index in [1.54, 1.807) is 12.2 Å². The van der Waals surface area contributed by atoms with Gasteiger partial charge in [-0.05, 0) is 54.2 Å². The summed E-state index contributed by atoms with van der Waals surface area (Å²) in [5, 5.41) is 6.19. The van der Waals surface area contributed by atoms with E-state index in [1.165, 1.54) is 7.11 Å². The first-order chi connectivity index (χ1) is 21.9. The van der Waals surface area contributed by atoms with Crippen LogP contribution in [0.1, 0.15) is 53.2 Å². The number of fused-ring (bicyclic) bond motifs is 2. The van der Waals surface area contributed by atoms with E-state index in [-0.39, 0.29) is 30.2 Å². The SMILES string of the molecule is COC[C@H](O[C@@H]1CC[C@H]2[C@H](C3=NNN(C)N3)C[C@]1(c1ccccc1)N2Cc1ccccc1)c1cc(C(F)(F)F)cc(C(F)(F)F)c1. The lowest BCUT2D eigenvalue weighted by Gasteiger charge is -2.51. The van der Waals surface area contributed by atoms with Crippen molar-refractivity contribution in [3.8, 4) is 0 Å². The van der Waals surface area contributed by atoms with Gasteiger partial charge in [-0.25, -0.2) is 5.53 Å². The van der Waals surface area contributed by atoms with Gasteiger partial charge in [0.15, 0.2) is 0 Å². The molecule has 2 saturated heterocycles. The lowest BCUT2D eigenvalue weighted by Crippen LogP contribution is -2.57. The second-order valence-electron chi connectivity index (χ2n) is 12.0. The van der Waals surface area contributed by atoms with E-state index in [0.29, 0.717) is 25.8 Å². The Balaban J connectivity index is 1.46. The molecule has 6 rings (SSSR count). The highest BCUT2D eigenvalue weighted by molar-refractivity contribution is 5.86. The van der Waals surface area contributed by atoms with Crippen molar-refractivity contribution in [2.75, 3.05) is 20.8 Å². The number of hydrazone groups is 1.